The Morgan fingerprint density at radius 1 is 0.800 bits per heavy atom. The summed E-state index contributed by atoms with van der Waals surface area (Å²) in [5.41, 5.74) is 5.85. The van der Waals surface area contributed by atoms with Gasteiger partial charge in [0.15, 0.2) is 5.78 Å². The van der Waals surface area contributed by atoms with Gasteiger partial charge in [0, 0.05) is 23.1 Å². The van der Waals surface area contributed by atoms with Crippen LogP contribution in [0.1, 0.15) is 36.3 Å². The van der Waals surface area contributed by atoms with Gasteiger partial charge in [0.1, 0.15) is 0 Å². The van der Waals surface area contributed by atoms with E-state index in [1.807, 2.05) is 36.4 Å². The molecule has 1 aliphatic rings. The number of fused-ring (bicyclic) bond motifs is 1. The third-order valence-electron chi connectivity index (χ3n) is 4.82. The Balaban J connectivity index is 1.97. The molecule has 0 unspecified atom stereocenters. The SMILES string of the molecule is CC1(C)CC(=O)c2cc(-c3ccccc3)c(-c3ccccc3)nc2C1. The molecule has 124 valence electrons. The molecule has 0 atom stereocenters. The highest BCUT2D eigenvalue weighted by Gasteiger charge is 2.33. The summed E-state index contributed by atoms with van der Waals surface area (Å²) in [6.07, 6.45) is 1.42. The minimum absolute atomic E-state index is 0.0285. The summed E-state index contributed by atoms with van der Waals surface area (Å²) in [5.74, 6) is 0.204. The lowest BCUT2D eigenvalue weighted by molar-refractivity contribution is 0.0910. The van der Waals surface area contributed by atoms with E-state index in [1.54, 1.807) is 0 Å². The van der Waals surface area contributed by atoms with E-state index in [0.29, 0.717) is 6.42 Å². The third-order valence-corrected chi connectivity index (χ3v) is 4.82. The van der Waals surface area contributed by atoms with E-state index in [1.165, 1.54) is 0 Å². The van der Waals surface area contributed by atoms with Crippen LogP contribution in [-0.4, -0.2) is 10.8 Å². The Labute approximate surface area is 148 Å². The van der Waals surface area contributed by atoms with Gasteiger partial charge in [0.2, 0.25) is 0 Å². The van der Waals surface area contributed by atoms with Gasteiger partial charge in [-0.25, -0.2) is 0 Å². The third kappa shape index (κ3) is 3.00. The zero-order valence-electron chi connectivity index (χ0n) is 14.6. The molecule has 1 heterocycles. The Morgan fingerprint density at radius 3 is 2.04 bits per heavy atom. The van der Waals surface area contributed by atoms with E-state index in [9.17, 15) is 4.79 Å². The molecule has 25 heavy (non-hydrogen) atoms. The number of hydrogen-bond acceptors (Lipinski definition) is 2. The van der Waals surface area contributed by atoms with Gasteiger partial charge in [-0.3, -0.25) is 9.78 Å². The van der Waals surface area contributed by atoms with Crippen LogP contribution in [0.4, 0.5) is 0 Å². The summed E-state index contributed by atoms with van der Waals surface area (Å²) in [6.45, 7) is 4.28. The number of pyridine rings is 1. The van der Waals surface area contributed by atoms with Crippen LogP contribution in [-0.2, 0) is 6.42 Å². The van der Waals surface area contributed by atoms with Gasteiger partial charge >= 0.3 is 0 Å². The van der Waals surface area contributed by atoms with Crippen molar-refractivity contribution in [2.45, 2.75) is 26.7 Å². The quantitative estimate of drug-likeness (QED) is 0.616. The number of Topliss-reactive ketones (excluding diaryl/α,β-unsaturated/α-hetero) is 1. The lowest BCUT2D eigenvalue weighted by atomic mass is 9.75. The van der Waals surface area contributed by atoms with Crippen LogP contribution >= 0.6 is 0 Å². The average molecular weight is 327 g/mol. The fourth-order valence-electron chi connectivity index (χ4n) is 3.63. The van der Waals surface area contributed by atoms with Gasteiger partial charge in [-0.15, -0.1) is 0 Å². The molecule has 2 aromatic carbocycles. The zero-order valence-corrected chi connectivity index (χ0v) is 14.6. The van der Waals surface area contributed by atoms with E-state index < -0.39 is 0 Å². The highest BCUT2D eigenvalue weighted by molar-refractivity contribution is 6.01. The van der Waals surface area contributed by atoms with E-state index >= 15 is 0 Å². The molecule has 0 spiro atoms. The van der Waals surface area contributed by atoms with Crippen molar-refractivity contribution >= 4 is 5.78 Å². The molecule has 0 amide bonds. The van der Waals surface area contributed by atoms with Gasteiger partial charge in [-0.2, -0.15) is 0 Å². The topological polar surface area (TPSA) is 30.0 Å². The molecule has 3 aromatic rings. The van der Waals surface area contributed by atoms with Crippen LogP contribution in [0.15, 0.2) is 66.7 Å². The molecule has 2 heteroatoms. The largest absolute Gasteiger partial charge is 0.294 e. The normalized spacial score (nSPS) is 15.7. The number of hydrogen-bond donors (Lipinski definition) is 0. The molecule has 1 aliphatic carbocycles. The van der Waals surface area contributed by atoms with Crippen molar-refractivity contribution in [2.24, 2.45) is 5.41 Å². The maximum Gasteiger partial charge on any atom is 0.165 e. The Morgan fingerprint density at radius 2 is 1.40 bits per heavy atom. The second-order valence-electron chi connectivity index (χ2n) is 7.55. The predicted molar refractivity (Wildman–Crippen MR) is 102 cm³/mol. The van der Waals surface area contributed by atoms with Crippen LogP contribution < -0.4 is 0 Å². The molecular formula is C23H21NO. The van der Waals surface area contributed by atoms with Gasteiger partial charge in [0.05, 0.1) is 11.4 Å². The van der Waals surface area contributed by atoms with Gasteiger partial charge in [-0.1, -0.05) is 74.5 Å². The molecule has 0 saturated carbocycles. The standard InChI is InChI=1S/C23H21NO/c1-23(2)14-20-19(21(25)15-23)13-18(16-9-5-3-6-10-16)22(24-20)17-11-7-4-8-12-17/h3-13H,14-15H2,1-2H3. The van der Waals surface area contributed by atoms with E-state index in [2.05, 4.69) is 44.2 Å². The number of ketones is 1. The Bertz CT molecular complexity index is 927. The fraction of sp³-hybridized carbons (Fsp3) is 0.217. The Kier molecular flexibility index (Phi) is 3.76. The van der Waals surface area contributed by atoms with E-state index in [0.717, 1.165) is 40.1 Å². The van der Waals surface area contributed by atoms with Crippen LogP contribution in [0.2, 0.25) is 0 Å². The summed E-state index contributed by atoms with van der Waals surface area (Å²) in [5, 5.41) is 0. The zero-order chi connectivity index (χ0) is 17.4. The number of carbonyl (C=O) groups is 1. The first-order valence-corrected chi connectivity index (χ1v) is 8.71. The van der Waals surface area contributed by atoms with Crippen molar-refractivity contribution in [1.29, 1.82) is 0 Å². The molecular weight excluding hydrogens is 306 g/mol. The highest BCUT2D eigenvalue weighted by Crippen LogP contribution is 2.39. The molecule has 0 aliphatic heterocycles. The first-order valence-electron chi connectivity index (χ1n) is 8.71. The van der Waals surface area contributed by atoms with Crippen molar-refractivity contribution < 1.29 is 4.79 Å². The number of nitrogens with zero attached hydrogens (tertiary/aromatic N) is 1. The molecule has 0 radical (unpaired) electrons. The molecule has 0 saturated heterocycles. The highest BCUT2D eigenvalue weighted by atomic mass is 16.1. The number of benzene rings is 2. The van der Waals surface area contributed by atoms with Crippen molar-refractivity contribution in [1.82, 2.24) is 4.98 Å². The first-order chi connectivity index (χ1) is 12.0. The predicted octanol–water partition coefficient (Wildman–Crippen LogP) is 5.57. The molecule has 2 nitrogen and oxygen atoms in total. The summed E-state index contributed by atoms with van der Waals surface area (Å²) in [4.78, 5) is 17.7. The lowest BCUT2D eigenvalue weighted by Gasteiger charge is -2.30. The second-order valence-corrected chi connectivity index (χ2v) is 7.55. The number of carbonyl (C=O) groups excluding carboxylic acids is 1. The minimum atomic E-state index is -0.0285. The number of rotatable bonds is 2. The summed E-state index contributed by atoms with van der Waals surface area (Å²) < 4.78 is 0. The Hall–Kier alpha value is -2.74. The van der Waals surface area contributed by atoms with E-state index in [-0.39, 0.29) is 11.2 Å². The molecule has 0 N–H and O–H groups in total. The second kappa shape index (κ2) is 5.96. The summed E-state index contributed by atoms with van der Waals surface area (Å²) in [7, 11) is 0. The minimum Gasteiger partial charge on any atom is -0.294 e. The maximum atomic E-state index is 12.7. The molecule has 0 fully saturated rings. The van der Waals surface area contributed by atoms with Gasteiger partial charge in [0.25, 0.3) is 0 Å². The van der Waals surface area contributed by atoms with Crippen LogP contribution in [0.25, 0.3) is 22.4 Å². The fourth-order valence-corrected chi connectivity index (χ4v) is 3.63. The molecule has 4 rings (SSSR count). The average Bonchev–Trinajstić information content (AvgIpc) is 2.61. The van der Waals surface area contributed by atoms with Crippen molar-refractivity contribution in [3.63, 3.8) is 0 Å². The van der Waals surface area contributed by atoms with Gasteiger partial charge < -0.3 is 0 Å². The van der Waals surface area contributed by atoms with Crippen LogP contribution in [0, 0.1) is 5.41 Å². The monoisotopic (exact) mass is 327 g/mol. The van der Waals surface area contributed by atoms with Crippen molar-refractivity contribution in [2.75, 3.05) is 0 Å². The van der Waals surface area contributed by atoms with Crippen molar-refractivity contribution in [3.8, 4) is 22.4 Å². The summed E-state index contributed by atoms with van der Waals surface area (Å²) >= 11 is 0. The van der Waals surface area contributed by atoms with Gasteiger partial charge in [-0.05, 0) is 23.5 Å². The van der Waals surface area contributed by atoms with Crippen molar-refractivity contribution in [3.05, 3.63) is 78.0 Å². The molecule has 0 bridgehead atoms. The first kappa shape index (κ1) is 15.8. The maximum absolute atomic E-state index is 12.7. The molecule has 1 aromatic heterocycles. The number of aromatic nitrogens is 1. The van der Waals surface area contributed by atoms with Crippen LogP contribution in [0.3, 0.4) is 0 Å². The smallest absolute Gasteiger partial charge is 0.165 e. The van der Waals surface area contributed by atoms with Crippen LogP contribution in [0.5, 0.6) is 0 Å². The summed E-state index contributed by atoms with van der Waals surface area (Å²) in [6, 6.07) is 22.5. The lowest BCUT2D eigenvalue weighted by Crippen LogP contribution is -2.28. The van der Waals surface area contributed by atoms with E-state index in [4.69, 9.17) is 4.98 Å².